The summed E-state index contributed by atoms with van der Waals surface area (Å²) in [4.78, 5) is 9.25. The van der Waals surface area contributed by atoms with E-state index in [0.29, 0.717) is 12.6 Å². The molecular weight excluding hydrogens is 385 g/mol. The zero-order valence-electron chi connectivity index (χ0n) is 18.3. The first-order valence-electron chi connectivity index (χ1n) is 11.0. The lowest BCUT2D eigenvalue weighted by atomic mass is 10.0. The summed E-state index contributed by atoms with van der Waals surface area (Å²) in [5.41, 5.74) is 1.10. The fraction of sp³-hybridized carbons (Fsp3) is 0.682. The molecule has 2 aliphatic rings. The summed E-state index contributed by atoms with van der Waals surface area (Å²) in [6.07, 6.45) is 2.57. The SMILES string of the molecule is CN=C(NCCN(CCOC)C1CC1)NCC(c1ccc(F)cc1)N1CCOCC1. The van der Waals surface area contributed by atoms with Gasteiger partial charge in [0.25, 0.3) is 0 Å². The largest absolute Gasteiger partial charge is 0.383 e. The molecule has 1 heterocycles. The number of morpholine rings is 1. The molecule has 0 spiro atoms. The molecule has 1 aromatic carbocycles. The van der Waals surface area contributed by atoms with Crippen LogP contribution in [0, 0.1) is 5.82 Å². The predicted octanol–water partition coefficient (Wildman–Crippen LogP) is 1.47. The van der Waals surface area contributed by atoms with E-state index in [0.717, 1.165) is 64.1 Å². The molecule has 1 atom stereocenters. The van der Waals surface area contributed by atoms with Crippen LogP contribution in [0.3, 0.4) is 0 Å². The first kappa shape index (κ1) is 22.9. The molecule has 1 aliphatic heterocycles. The van der Waals surface area contributed by atoms with Crippen LogP contribution in [0.15, 0.2) is 29.3 Å². The Hall–Kier alpha value is -1.74. The fourth-order valence-electron chi connectivity index (χ4n) is 3.89. The number of aliphatic imine (C=N–C) groups is 1. The van der Waals surface area contributed by atoms with E-state index in [1.807, 2.05) is 12.1 Å². The summed E-state index contributed by atoms with van der Waals surface area (Å²) in [6.45, 7) is 7.42. The number of hydrogen-bond donors (Lipinski definition) is 2. The highest BCUT2D eigenvalue weighted by Gasteiger charge is 2.28. The van der Waals surface area contributed by atoms with Gasteiger partial charge < -0.3 is 20.1 Å². The van der Waals surface area contributed by atoms with Crippen LogP contribution in [-0.4, -0.2) is 95.0 Å². The van der Waals surface area contributed by atoms with E-state index in [1.165, 1.54) is 25.0 Å². The molecule has 30 heavy (non-hydrogen) atoms. The maximum atomic E-state index is 13.4. The van der Waals surface area contributed by atoms with E-state index in [1.54, 1.807) is 14.2 Å². The third-order valence-corrected chi connectivity index (χ3v) is 5.77. The number of hydrogen-bond acceptors (Lipinski definition) is 5. The number of nitrogens with one attached hydrogen (secondary N) is 2. The fourth-order valence-corrected chi connectivity index (χ4v) is 3.89. The van der Waals surface area contributed by atoms with Gasteiger partial charge in [-0.1, -0.05) is 12.1 Å². The van der Waals surface area contributed by atoms with Crippen molar-refractivity contribution in [2.24, 2.45) is 4.99 Å². The molecule has 1 saturated heterocycles. The Balaban J connectivity index is 1.51. The van der Waals surface area contributed by atoms with E-state index >= 15 is 0 Å². The highest BCUT2D eigenvalue weighted by molar-refractivity contribution is 5.79. The topological polar surface area (TPSA) is 61.4 Å². The van der Waals surface area contributed by atoms with Crippen LogP contribution in [-0.2, 0) is 9.47 Å². The van der Waals surface area contributed by atoms with Gasteiger partial charge in [-0.2, -0.15) is 0 Å². The van der Waals surface area contributed by atoms with Crippen LogP contribution < -0.4 is 10.6 Å². The second kappa shape index (κ2) is 12.2. The number of benzene rings is 1. The van der Waals surface area contributed by atoms with Crippen LogP contribution in [0.4, 0.5) is 4.39 Å². The van der Waals surface area contributed by atoms with E-state index in [4.69, 9.17) is 9.47 Å². The van der Waals surface area contributed by atoms with Gasteiger partial charge in [-0.3, -0.25) is 14.8 Å². The highest BCUT2D eigenvalue weighted by Crippen LogP contribution is 2.26. The minimum atomic E-state index is -0.210. The lowest BCUT2D eigenvalue weighted by molar-refractivity contribution is 0.0170. The van der Waals surface area contributed by atoms with E-state index in [9.17, 15) is 4.39 Å². The molecule has 1 aliphatic carbocycles. The third-order valence-electron chi connectivity index (χ3n) is 5.77. The number of methoxy groups -OCH3 is 1. The summed E-state index contributed by atoms with van der Waals surface area (Å²) in [5, 5.41) is 6.89. The number of nitrogens with zero attached hydrogens (tertiary/aromatic N) is 3. The molecule has 3 rings (SSSR count). The summed E-state index contributed by atoms with van der Waals surface area (Å²) < 4.78 is 24.2. The lowest BCUT2D eigenvalue weighted by Gasteiger charge is -2.35. The van der Waals surface area contributed by atoms with Gasteiger partial charge in [-0.05, 0) is 30.5 Å². The molecule has 2 N–H and O–H groups in total. The zero-order valence-corrected chi connectivity index (χ0v) is 18.3. The molecule has 0 aromatic heterocycles. The lowest BCUT2D eigenvalue weighted by Crippen LogP contribution is -2.47. The molecular formula is C22H36FN5O2. The van der Waals surface area contributed by atoms with Crippen molar-refractivity contribution in [2.45, 2.75) is 24.9 Å². The molecule has 1 aromatic rings. The van der Waals surface area contributed by atoms with Crippen LogP contribution in [0.25, 0.3) is 0 Å². The maximum absolute atomic E-state index is 13.4. The molecule has 8 heteroatoms. The molecule has 7 nitrogen and oxygen atoms in total. The summed E-state index contributed by atoms with van der Waals surface area (Å²) in [5.74, 6) is 0.580. The van der Waals surface area contributed by atoms with Crippen LogP contribution in [0.1, 0.15) is 24.4 Å². The number of rotatable bonds is 11. The molecule has 1 saturated carbocycles. The molecule has 2 fully saturated rings. The summed E-state index contributed by atoms with van der Waals surface area (Å²) in [6, 6.07) is 7.65. The quantitative estimate of drug-likeness (QED) is 0.417. The highest BCUT2D eigenvalue weighted by atomic mass is 19.1. The Morgan fingerprint density at radius 2 is 1.97 bits per heavy atom. The minimum absolute atomic E-state index is 0.137. The zero-order chi connectivity index (χ0) is 21.2. The Morgan fingerprint density at radius 1 is 1.23 bits per heavy atom. The van der Waals surface area contributed by atoms with Gasteiger partial charge in [0.2, 0.25) is 0 Å². The molecule has 0 amide bonds. The average molecular weight is 422 g/mol. The normalized spacial score (nSPS) is 19.1. The Kier molecular flexibility index (Phi) is 9.32. The Labute approximate surface area is 179 Å². The maximum Gasteiger partial charge on any atom is 0.191 e. The molecule has 0 radical (unpaired) electrons. The standard InChI is InChI=1S/C22H36FN5O2/c1-24-22(25-9-10-27(11-14-29-2)20-7-8-20)26-17-21(28-12-15-30-16-13-28)18-3-5-19(23)6-4-18/h3-6,20-21H,7-17H2,1-2H3,(H2,24,25,26). The first-order valence-corrected chi connectivity index (χ1v) is 11.0. The number of ether oxygens (including phenoxy) is 2. The van der Waals surface area contributed by atoms with Crippen molar-refractivity contribution in [3.05, 3.63) is 35.6 Å². The monoisotopic (exact) mass is 421 g/mol. The van der Waals surface area contributed by atoms with E-state index in [2.05, 4.69) is 25.4 Å². The van der Waals surface area contributed by atoms with Gasteiger partial charge in [0, 0.05) is 59.5 Å². The summed E-state index contributed by atoms with van der Waals surface area (Å²) in [7, 11) is 3.54. The van der Waals surface area contributed by atoms with Crippen molar-refractivity contribution in [3.8, 4) is 0 Å². The third kappa shape index (κ3) is 7.19. The predicted molar refractivity (Wildman–Crippen MR) is 117 cm³/mol. The van der Waals surface area contributed by atoms with E-state index < -0.39 is 0 Å². The molecule has 168 valence electrons. The van der Waals surface area contributed by atoms with Crippen molar-refractivity contribution in [3.63, 3.8) is 0 Å². The van der Waals surface area contributed by atoms with Crippen molar-refractivity contribution in [1.82, 2.24) is 20.4 Å². The van der Waals surface area contributed by atoms with Crippen LogP contribution in [0.2, 0.25) is 0 Å². The van der Waals surface area contributed by atoms with Gasteiger partial charge in [0.15, 0.2) is 5.96 Å². The smallest absolute Gasteiger partial charge is 0.191 e. The number of halogens is 1. The minimum Gasteiger partial charge on any atom is -0.383 e. The van der Waals surface area contributed by atoms with Crippen LogP contribution >= 0.6 is 0 Å². The van der Waals surface area contributed by atoms with Crippen LogP contribution in [0.5, 0.6) is 0 Å². The second-order valence-electron chi connectivity index (χ2n) is 7.86. The van der Waals surface area contributed by atoms with Crippen molar-refractivity contribution >= 4 is 5.96 Å². The van der Waals surface area contributed by atoms with Gasteiger partial charge in [-0.15, -0.1) is 0 Å². The average Bonchev–Trinajstić information content (AvgIpc) is 3.62. The molecule has 1 unspecified atom stereocenters. The molecule has 0 bridgehead atoms. The van der Waals surface area contributed by atoms with Gasteiger partial charge in [0.05, 0.1) is 25.9 Å². The first-order chi connectivity index (χ1) is 14.7. The number of guanidine groups is 1. The second-order valence-corrected chi connectivity index (χ2v) is 7.86. The Morgan fingerprint density at radius 3 is 2.60 bits per heavy atom. The van der Waals surface area contributed by atoms with E-state index in [-0.39, 0.29) is 11.9 Å². The van der Waals surface area contributed by atoms with Crippen molar-refractivity contribution < 1.29 is 13.9 Å². The van der Waals surface area contributed by atoms with Gasteiger partial charge in [-0.25, -0.2) is 4.39 Å². The van der Waals surface area contributed by atoms with Crippen molar-refractivity contribution in [1.29, 1.82) is 0 Å². The van der Waals surface area contributed by atoms with Gasteiger partial charge in [0.1, 0.15) is 5.82 Å². The Bertz CT molecular complexity index is 647. The van der Waals surface area contributed by atoms with Gasteiger partial charge >= 0.3 is 0 Å². The van der Waals surface area contributed by atoms with Crippen molar-refractivity contribution in [2.75, 3.05) is 73.2 Å². The summed E-state index contributed by atoms with van der Waals surface area (Å²) >= 11 is 0.